The predicted octanol–water partition coefficient (Wildman–Crippen LogP) is 1.26. The second-order valence-corrected chi connectivity index (χ2v) is 4.95. The van der Waals surface area contributed by atoms with Gasteiger partial charge in [-0.05, 0) is 25.2 Å². The summed E-state index contributed by atoms with van der Waals surface area (Å²) in [6.07, 6.45) is 2.81. The Hall–Kier alpha value is -1.43. The number of amides is 1. The first kappa shape index (κ1) is 12.0. The van der Waals surface area contributed by atoms with Gasteiger partial charge in [-0.3, -0.25) is 10.1 Å². The summed E-state index contributed by atoms with van der Waals surface area (Å²) in [7, 11) is 0. The monoisotopic (exact) mass is 238 g/mol. The van der Waals surface area contributed by atoms with Crippen LogP contribution in [0.2, 0.25) is 0 Å². The molecule has 1 heterocycles. The highest BCUT2D eigenvalue weighted by Crippen LogP contribution is 2.39. The van der Waals surface area contributed by atoms with Crippen LogP contribution in [-0.2, 0) is 4.79 Å². The van der Waals surface area contributed by atoms with Crippen LogP contribution in [0.1, 0.15) is 44.9 Å². The third-order valence-corrected chi connectivity index (χ3v) is 2.66. The number of aromatic nitrogens is 2. The SMILES string of the molecule is CC(C)CC(N)C(=O)Nc1nnc(C2CC2)o1. The second kappa shape index (κ2) is 4.83. The molecule has 3 N–H and O–H groups in total. The van der Waals surface area contributed by atoms with Gasteiger partial charge in [0.15, 0.2) is 0 Å². The Bertz CT molecular complexity index is 398. The number of anilines is 1. The number of hydrogen-bond donors (Lipinski definition) is 2. The summed E-state index contributed by atoms with van der Waals surface area (Å²) >= 11 is 0. The lowest BCUT2D eigenvalue weighted by Gasteiger charge is -2.11. The first-order valence-electron chi connectivity index (χ1n) is 5.96. The lowest BCUT2D eigenvalue weighted by molar-refractivity contribution is -0.117. The molecule has 0 bridgehead atoms. The van der Waals surface area contributed by atoms with E-state index in [1.165, 1.54) is 0 Å². The van der Waals surface area contributed by atoms with E-state index in [4.69, 9.17) is 10.2 Å². The number of hydrogen-bond acceptors (Lipinski definition) is 5. The average molecular weight is 238 g/mol. The van der Waals surface area contributed by atoms with Crippen molar-refractivity contribution in [2.45, 2.75) is 45.1 Å². The summed E-state index contributed by atoms with van der Waals surface area (Å²) in [6, 6.07) is -0.387. The van der Waals surface area contributed by atoms with Gasteiger partial charge in [-0.2, -0.15) is 0 Å². The van der Waals surface area contributed by atoms with Crippen LogP contribution in [0.4, 0.5) is 6.01 Å². The normalized spacial score (nSPS) is 17.2. The van der Waals surface area contributed by atoms with Gasteiger partial charge < -0.3 is 10.2 Å². The van der Waals surface area contributed by atoms with E-state index < -0.39 is 6.04 Å². The van der Waals surface area contributed by atoms with E-state index in [1.807, 2.05) is 13.8 Å². The molecule has 0 saturated heterocycles. The number of nitrogens with one attached hydrogen (secondary N) is 1. The standard InChI is InChI=1S/C11H18N4O2/c1-6(2)5-8(12)9(16)13-11-15-14-10(17-11)7-3-4-7/h6-8H,3-5,12H2,1-2H3,(H,13,15,16). The molecule has 1 unspecified atom stereocenters. The molecule has 1 atom stereocenters. The molecule has 1 saturated carbocycles. The maximum Gasteiger partial charge on any atom is 0.322 e. The molecule has 1 amide bonds. The van der Waals surface area contributed by atoms with Crippen molar-refractivity contribution in [3.63, 3.8) is 0 Å². The van der Waals surface area contributed by atoms with Crippen molar-refractivity contribution in [3.05, 3.63) is 5.89 Å². The van der Waals surface area contributed by atoms with Gasteiger partial charge in [-0.25, -0.2) is 0 Å². The summed E-state index contributed by atoms with van der Waals surface area (Å²) in [5, 5.41) is 10.2. The van der Waals surface area contributed by atoms with Gasteiger partial charge >= 0.3 is 6.01 Å². The van der Waals surface area contributed by atoms with Gasteiger partial charge in [0.05, 0.1) is 6.04 Å². The predicted molar refractivity (Wildman–Crippen MR) is 62.3 cm³/mol. The van der Waals surface area contributed by atoms with Crippen LogP contribution < -0.4 is 11.1 Å². The second-order valence-electron chi connectivity index (χ2n) is 4.95. The largest absolute Gasteiger partial charge is 0.408 e. The third kappa shape index (κ3) is 3.26. The number of carbonyl (C=O) groups is 1. The Morgan fingerprint density at radius 3 is 2.82 bits per heavy atom. The molecule has 0 aliphatic heterocycles. The van der Waals surface area contributed by atoms with Crippen molar-refractivity contribution in [1.29, 1.82) is 0 Å². The zero-order valence-corrected chi connectivity index (χ0v) is 10.1. The van der Waals surface area contributed by atoms with Gasteiger partial charge in [-0.1, -0.05) is 18.9 Å². The molecule has 1 fully saturated rings. The molecule has 0 aromatic carbocycles. The topological polar surface area (TPSA) is 94.0 Å². The summed E-state index contributed by atoms with van der Waals surface area (Å²) in [5.74, 6) is 1.10. The Labute approximate surface area is 100.0 Å². The van der Waals surface area contributed by atoms with Gasteiger partial charge in [0.2, 0.25) is 11.8 Å². The maximum atomic E-state index is 11.7. The smallest absolute Gasteiger partial charge is 0.322 e. The molecule has 6 nitrogen and oxygen atoms in total. The molecule has 0 radical (unpaired) electrons. The molecule has 1 aromatic heterocycles. The molecule has 0 spiro atoms. The number of rotatable bonds is 5. The first-order chi connectivity index (χ1) is 8.06. The minimum absolute atomic E-state index is 0.149. The summed E-state index contributed by atoms with van der Waals surface area (Å²) in [6.45, 7) is 4.04. The minimum Gasteiger partial charge on any atom is -0.408 e. The highest BCUT2D eigenvalue weighted by molar-refractivity contribution is 5.92. The average Bonchev–Trinajstić information content (AvgIpc) is 2.99. The Morgan fingerprint density at radius 2 is 2.24 bits per heavy atom. The van der Waals surface area contributed by atoms with Crippen molar-refractivity contribution >= 4 is 11.9 Å². The van der Waals surface area contributed by atoms with Gasteiger partial charge in [-0.15, -0.1) is 5.10 Å². The molecule has 1 aromatic rings. The van der Waals surface area contributed by atoms with Crippen LogP contribution in [0.15, 0.2) is 4.42 Å². The number of nitrogens with two attached hydrogens (primary N) is 1. The van der Waals surface area contributed by atoms with E-state index in [-0.39, 0.29) is 11.9 Å². The zero-order valence-electron chi connectivity index (χ0n) is 10.1. The molecule has 17 heavy (non-hydrogen) atoms. The van der Waals surface area contributed by atoms with Crippen molar-refractivity contribution in [3.8, 4) is 0 Å². The van der Waals surface area contributed by atoms with Crippen LogP contribution in [0.3, 0.4) is 0 Å². The van der Waals surface area contributed by atoms with Crippen LogP contribution in [0, 0.1) is 5.92 Å². The van der Waals surface area contributed by atoms with Crippen LogP contribution in [0.25, 0.3) is 0 Å². The molecule has 1 aliphatic rings. The lowest BCUT2D eigenvalue weighted by atomic mass is 10.0. The molecule has 6 heteroatoms. The maximum absolute atomic E-state index is 11.7. The Morgan fingerprint density at radius 1 is 1.53 bits per heavy atom. The van der Waals surface area contributed by atoms with E-state index in [9.17, 15) is 4.79 Å². The van der Waals surface area contributed by atoms with Crippen LogP contribution in [-0.4, -0.2) is 22.1 Å². The fraction of sp³-hybridized carbons (Fsp3) is 0.727. The van der Waals surface area contributed by atoms with E-state index >= 15 is 0 Å². The minimum atomic E-state index is -0.536. The van der Waals surface area contributed by atoms with E-state index in [0.29, 0.717) is 24.1 Å². The molecule has 2 rings (SSSR count). The summed E-state index contributed by atoms with van der Waals surface area (Å²) in [5.41, 5.74) is 5.74. The molecular weight excluding hydrogens is 220 g/mol. The van der Waals surface area contributed by atoms with E-state index in [0.717, 1.165) is 12.8 Å². The van der Waals surface area contributed by atoms with Crippen molar-refractivity contribution in [1.82, 2.24) is 10.2 Å². The molecule has 94 valence electrons. The zero-order chi connectivity index (χ0) is 12.4. The third-order valence-electron chi connectivity index (χ3n) is 2.66. The van der Waals surface area contributed by atoms with Gasteiger partial charge in [0.25, 0.3) is 0 Å². The Kier molecular flexibility index (Phi) is 3.42. The quantitative estimate of drug-likeness (QED) is 0.805. The van der Waals surface area contributed by atoms with Crippen molar-refractivity contribution < 1.29 is 9.21 Å². The van der Waals surface area contributed by atoms with Crippen LogP contribution >= 0.6 is 0 Å². The van der Waals surface area contributed by atoms with Gasteiger partial charge in [0.1, 0.15) is 0 Å². The first-order valence-corrected chi connectivity index (χ1v) is 5.96. The summed E-state index contributed by atoms with van der Waals surface area (Å²) < 4.78 is 5.32. The fourth-order valence-corrected chi connectivity index (χ4v) is 1.59. The number of carbonyl (C=O) groups excluding carboxylic acids is 1. The fourth-order valence-electron chi connectivity index (χ4n) is 1.59. The number of nitrogens with zero attached hydrogens (tertiary/aromatic N) is 2. The Balaban J connectivity index is 1.88. The van der Waals surface area contributed by atoms with E-state index in [2.05, 4.69) is 15.5 Å². The van der Waals surface area contributed by atoms with Crippen LogP contribution in [0.5, 0.6) is 0 Å². The summed E-state index contributed by atoms with van der Waals surface area (Å²) in [4.78, 5) is 11.7. The molecule has 1 aliphatic carbocycles. The highest BCUT2D eigenvalue weighted by atomic mass is 16.4. The van der Waals surface area contributed by atoms with Crippen molar-refractivity contribution in [2.75, 3.05) is 5.32 Å². The lowest BCUT2D eigenvalue weighted by Crippen LogP contribution is -2.36. The van der Waals surface area contributed by atoms with Gasteiger partial charge in [0, 0.05) is 5.92 Å². The molecular formula is C11H18N4O2. The van der Waals surface area contributed by atoms with E-state index in [1.54, 1.807) is 0 Å². The highest BCUT2D eigenvalue weighted by Gasteiger charge is 2.29. The van der Waals surface area contributed by atoms with Crippen molar-refractivity contribution in [2.24, 2.45) is 11.7 Å².